The van der Waals surface area contributed by atoms with Crippen LogP contribution in [-0.2, 0) is 14.3 Å². The summed E-state index contributed by atoms with van der Waals surface area (Å²) < 4.78 is 10.7. The number of aliphatic carboxylic acids is 1. The van der Waals surface area contributed by atoms with Crippen LogP contribution in [0.2, 0.25) is 0 Å². The quantitative estimate of drug-likeness (QED) is 0.540. The Morgan fingerprint density at radius 3 is 3.07 bits per heavy atom. The average Bonchev–Trinajstić information content (AvgIpc) is 2.18. The first-order valence-electron chi connectivity index (χ1n) is 4.91. The molecule has 0 aliphatic carbocycles. The lowest BCUT2D eigenvalue weighted by molar-refractivity contribution is -0.161. The summed E-state index contributed by atoms with van der Waals surface area (Å²) in [6.07, 6.45) is 6.46. The molecule has 80 valence electrons. The van der Waals surface area contributed by atoms with Crippen LogP contribution in [0.4, 0.5) is 0 Å². The Labute approximate surface area is 83.5 Å². The molecule has 1 unspecified atom stereocenters. The molecule has 4 nitrogen and oxygen atoms in total. The minimum Gasteiger partial charge on any atom is -0.478 e. The van der Waals surface area contributed by atoms with Gasteiger partial charge in [-0.25, -0.2) is 4.79 Å². The molecule has 0 amide bonds. The molecule has 1 N–H and O–H groups in total. The summed E-state index contributed by atoms with van der Waals surface area (Å²) in [6.45, 7) is 1.30. The highest BCUT2D eigenvalue weighted by molar-refractivity contribution is 5.79. The summed E-state index contributed by atoms with van der Waals surface area (Å²) in [5.41, 5.74) is 0. The van der Waals surface area contributed by atoms with Gasteiger partial charge in [-0.2, -0.15) is 0 Å². The fourth-order valence-electron chi connectivity index (χ4n) is 1.29. The number of carbonyl (C=O) groups is 1. The molecule has 0 aromatic rings. The van der Waals surface area contributed by atoms with E-state index in [4.69, 9.17) is 14.6 Å². The SMILES string of the molecule is O=C(O)/C=C/CCOC1CCCCO1. The lowest BCUT2D eigenvalue weighted by Crippen LogP contribution is -2.22. The molecule has 14 heavy (non-hydrogen) atoms. The van der Waals surface area contributed by atoms with Gasteiger partial charge >= 0.3 is 5.97 Å². The van der Waals surface area contributed by atoms with Gasteiger partial charge in [-0.05, 0) is 25.7 Å². The molecule has 1 saturated heterocycles. The maximum atomic E-state index is 10.1. The van der Waals surface area contributed by atoms with Crippen LogP contribution >= 0.6 is 0 Å². The van der Waals surface area contributed by atoms with Gasteiger partial charge in [-0.15, -0.1) is 0 Å². The van der Waals surface area contributed by atoms with Gasteiger partial charge in [0.15, 0.2) is 6.29 Å². The Morgan fingerprint density at radius 2 is 2.43 bits per heavy atom. The number of ether oxygens (including phenoxy) is 2. The molecule has 0 aromatic heterocycles. The van der Waals surface area contributed by atoms with Crippen molar-refractivity contribution in [2.24, 2.45) is 0 Å². The van der Waals surface area contributed by atoms with Crippen LogP contribution in [0.25, 0.3) is 0 Å². The Morgan fingerprint density at radius 1 is 1.57 bits per heavy atom. The van der Waals surface area contributed by atoms with Gasteiger partial charge in [-0.3, -0.25) is 0 Å². The second-order valence-electron chi connectivity index (χ2n) is 3.20. The molecule has 0 spiro atoms. The number of carboxylic acids is 1. The predicted molar refractivity (Wildman–Crippen MR) is 50.9 cm³/mol. The average molecular weight is 200 g/mol. The number of carboxylic acid groups (broad SMARTS) is 1. The molecule has 1 rings (SSSR count). The summed E-state index contributed by atoms with van der Waals surface area (Å²) in [7, 11) is 0. The molecule has 1 heterocycles. The Bertz CT molecular complexity index is 194. The third kappa shape index (κ3) is 4.99. The van der Waals surface area contributed by atoms with Gasteiger partial charge in [-0.1, -0.05) is 6.08 Å². The van der Waals surface area contributed by atoms with E-state index in [0.717, 1.165) is 31.9 Å². The van der Waals surface area contributed by atoms with Crippen LogP contribution in [-0.4, -0.2) is 30.6 Å². The second-order valence-corrected chi connectivity index (χ2v) is 3.20. The van der Waals surface area contributed by atoms with Crippen molar-refractivity contribution in [1.29, 1.82) is 0 Å². The highest BCUT2D eigenvalue weighted by Crippen LogP contribution is 2.13. The number of hydrogen-bond acceptors (Lipinski definition) is 3. The molecule has 0 saturated carbocycles. The fraction of sp³-hybridized carbons (Fsp3) is 0.700. The molecule has 1 aliphatic rings. The third-order valence-corrected chi connectivity index (χ3v) is 1.99. The molecule has 0 aromatic carbocycles. The van der Waals surface area contributed by atoms with E-state index in [1.807, 2.05) is 0 Å². The minimum absolute atomic E-state index is 0.0815. The Balaban J connectivity index is 2.00. The highest BCUT2D eigenvalue weighted by atomic mass is 16.7. The summed E-state index contributed by atoms with van der Waals surface area (Å²) in [5.74, 6) is -0.918. The Kier molecular flexibility index (Phi) is 5.25. The largest absolute Gasteiger partial charge is 0.478 e. The van der Waals surface area contributed by atoms with Gasteiger partial charge in [0.25, 0.3) is 0 Å². The number of hydrogen-bond donors (Lipinski definition) is 1. The van der Waals surface area contributed by atoms with Crippen LogP contribution in [0, 0.1) is 0 Å². The van der Waals surface area contributed by atoms with Crippen LogP contribution in [0.3, 0.4) is 0 Å². The normalized spacial score (nSPS) is 22.7. The van der Waals surface area contributed by atoms with Crippen molar-refractivity contribution >= 4 is 5.97 Å². The van der Waals surface area contributed by atoms with Gasteiger partial charge in [0.2, 0.25) is 0 Å². The lowest BCUT2D eigenvalue weighted by Gasteiger charge is -2.22. The van der Waals surface area contributed by atoms with Gasteiger partial charge in [0, 0.05) is 12.7 Å². The van der Waals surface area contributed by atoms with Crippen LogP contribution in [0.1, 0.15) is 25.7 Å². The molecule has 1 atom stereocenters. The maximum absolute atomic E-state index is 10.1. The second kappa shape index (κ2) is 6.56. The monoisotopic (exact) mass is 200 g/mol. The first-order valence-corrected chi connectivity index (χ1v) is 4.91. The van der Waals surface area contributed by atoms with Crippen molar-refractivity contribution in [2.75, 3.05) is 13.2 Å². The van der Waals surface area contributed by atoms with Gasteiger partial charge in [0.1, 0.15) is 0 Å². The molecule has 1 aliphatic heterocycles. The fourth-order valence-corrected chi connectivity index (χ4v) is 1.29. The van der Waals surface area contributed by atoms with Crippen LogP contribution in [0.15, 0.2) is 12.2 Å². The van der Waals surface area contributed by atoms with E-state index in [9.17, 15) is 4.79 Å². The van der Waals surface area contributed by atoms with E-state index >= 15 is 0 Å². The van der Waals surface area contributed by atoms with Crippen molar-refractivity contribution in [1.82, 2.24) is 0 Å². The standard InChI is InChI=1S/C10H16O4/c11-9(12)5-1-3-7-13-10-6-2-4-8-14-10/h1,5,10H,2-4,6-8H2,(H,11,12)/b5-1+. The molecule has 1 fully saturated rings. The zero-order valence-corrected chi connectivity index (χ0v) is 8.15. The lowest BCUT2D eigenvalue weighted by atomic mass is 10.2. The smallest absolute Gasteiger partial charge is 0.327 e. The van der Waals surface area contributed by atoms with Crippen molar-refractivity contribution in [2.45, 2.75) is 32.0 Å². The highest BCUT2D eigenvalue weighted by Gasteiger charge is 2.12. The van der Waals surface area contributed by atoms with Crippen molar-refractivity contribution in [3.63, 3.8) is 0 Å². The van der Waals surface area contributed by atoms with E-state index in [1.165, 1.54) is 0 Å². The molecule has 4 heteroatoms. The third-order valence-electron chi connectivity index (χ3n) is 1.99. The van der Waals surface area contributed by atoms with Crippen molar-refractivity contribution < 1.29 is 19.4 Å². The summed E-state index contributed by atoms with van der Waals surface area (Å²) in [5, 5.41) is 8.31. The zero-order chi connectivity index (χ0) is 10.2. The van der Waals surface area contributed by atoms with Gasteiger partial charge < -0.3 is 14.6 Å². The predicted octanol–water partition coefficient (Wildman–Crippen LogP) is 1.56. The molecule has 0 bridgehead atoms. The van der Waals surface area contributed by atoms with E-state index in [2.05, 4.69) is 0 Å². The van der Waals surface area contributed by atoms with Crippen molar-refractivity contribution in [3.05, 3.63) is 12.2 Å². The van der Waals surface area contributed by atoms with Crippen LogP contribution in [0.5, 0.6) is 0 Å². The first kappa shape index (κ1) is 11.2. The van der Waals surface area contributed by atoms with Gasteiger partial charge in [0.05, 0.1) is 6.61 Å². The summed E-state index contributed by atoms with van der Waals surface area (Å²) in [6, 6.07) is 0. The van der Waals surface area contributed by atoms with E-state index < -0.39 is 5.97 Å². The Hall–Kier alpha value is -0.870. The zero-order valence-electron chi connectivity index (χ0n) is 8.15. The van der Waals surface area contributed by atoms with Crippen molar-refractivity contribution in [3.8, 4) is 0 Å². The van der Waals surface area contributed by atoms with E-state index in [0.29, 0.717) is 13.0 Å². The van der Waals surface area contributed by atoms with Crippen LogP contribution < -0.4 is 0 Å². The molecule has 0 radical (unpaired) electrons. The summed E-state index contributed by atoms with van der Waals surface area (Å²) in [4.78, 5) is 10.1. The first-order chi connectivity index (χ1) is 6.79. The van der Waals surface area contributed by atoms with E-state index in [1.54, 1.807) is 6.08 Å². The summed E-state index contributed by atoms with van der Waals surface area (Å²) >= 11 is 0. The van der Waals surface area contributed by atoms with E-state index in [-0.39, 0.29) is 6.29 Å². The molecular formula is C10H16O4. The minimum atomic E-state index is -0.918. The molecular weight excluding hydrogens is 184 g/mol. The topological polar surface area (TPSA) is 55.8 Å². The number of rotatable bonds is 5. The maximum Gasteiger partial charge on any atom is 0.327 e.